The average molecular weight is 216 g/mol. The highest BCUT2D eigenvalue weighted by molar-refractivity contribution is 5.13. The predicted octanol–water partition coefficient (Wildman–Crippen LogP) is 1.80. The molecule has 0 aliphatic carbocycles. The van der Waals surface area contributed by atoms with Gasteiger partial charge in [-0.15, -0.1) is 0 Å². The summed E-state index contributed by atoms with van der Waals surface area (Å²) in [6, 6.07) is 14.6. The Labute approximate surface area is 96.5 Å². The van der Waals surface area contributed by atoms with E-state index in [0.29, 0.717) is 0 Å². The largest absolute Gasteiger partial charge is 0.460 e. The van der Waals surface area contributed by atoms with Crippen molar-refractivity contribution >= 4 is 0 Å². The fraction of sp³-hybridized carbons (Fsp3) is 0.286. The molecule has 16 heavy (non-hydrogen) atoms. The molecular formula is C14H18NO+. The molecule has 2 heteroatoms. The molecule has 1 heterocycles. The lowest BCUT2D eigenvalue weighted by Crippen LogP contribution is -3.06. The van der Waals surface area contributed by atoms with E-state index in [1.165, 1.54) is 10.5 Å². The van der Waals surface area contributed by atoms with E-state index >= 15 is 0 Å². The van der Waals surface area contributed by atoms with Crippen molar-refractivity contribution in [2.24, 2.45) is 0 Å². The van der Waals surface area contributed by atoms with E-state index < -0.39 is 0 Å². The molecule has 84 valence electrons. The van der Waals surface area contributed by atoms with Crippen molar-refractivity contribution < 1.29 is 9.32 Å². The Kier molecular flexibility index (Phi) is 3.42. The van der Waals surface area contributed by atoms with Gasteiger partial charge in [0.2, 0.25) is 0 Å². The number of hydrogen-bond acceptors (Lipinski definition) is 1. The number of hydrogen-bond donors (Lipinski definition) is 1. The fourth-order valence-corrected chi connectivity index (χ4v) is 1.88. The van der Waals surface area contributed by atoms with Crippen molar-refractivity contribution in [1.82, 2.24) is 0 Å². The van der Waals surface area contributed by atoms with E-state index in [1.807, 2.05) is 13.0 Å². The molecule has 0 fully saturated rings. The van der Waals surface area contributed by atoms with Crippen molar-refractivity contribution in [1.29, 1.82) is 0 Å². The molecule has 2 nitrogen and oxygen atoms in total. The molecule has 1 aromatic heterocycles. The van der Waals surface area contributed by atoms with Crippen LogP contribution in [0, 0.1) is 6.92 Å². The van der Waals surface area contributed by atoms with Crippen LogP contribution in [-0.4, -0.2) is 7.05 Å². The van der Waals surface area contributed by atoms with Crippen LogP contribution in [-0.2, 0) is 13.1 Å². The minimum atomic E-state index is 0.933. The molecule has 1 aromatic carbocycles. The molecule has 1 unspecified atom stereocenters. The van der Waals surface area contributed by atoms with Gasteiger partial charge in [-0.25, -0.2) is 0 Å². The quantitative estimate of drug-likeness (QED) is 0.825. The molecule has 0 saturated carbocycles. The van der Waals surface area contributed by atoms with Gasteiger partial charge in [0.25, 0.3) is 0 Å². The van der Waals surface area contributed by atoms with E-state index in [9.17, 15) is 0 Å². The van der Waals surface area contributed by atoms with Gasteiger partial charge in [-0.3, -0.25) is 0 Å². The molecule has 0 aliphatic heterocycles. The summed E-state index contributed by atoms with van der Waals surface area (Å²) >= 11 is 0. The highest BCUT2D eigenvalue weighted by Gasteiger charge is 2.07. The lowest BCUT2D eigenvalue weighted by Gasteiger charge is -2.12. The Balaban J connectivity index is 1.92. The third-order valence-electron chi connectivity index (χ3n) is 2.62. The van der Waals surface area contributed by atoms with Crippen molar-refractivity contribution in [3.8, 4) is 0 Å². The molecule has 1 atom stereocenters. The predicted molar refractivity (Wildman–Crippen MR) is 64.2 cm³/mol. The summed E-state index contributed by atoms with van der Waals surface area (Å²) in [5, 5.41) is 0. The second-order valence-electron chi connectivity index (χ2n) is 4.31. The van der Waals surface area contributed by atoms with Gasteiger partial charge >= 0.3 is 0 Å². The summed E-state index contributed by atoms with van der Waals surface area (Å²) in [6.45, 7) is 3.94. The first-order chi connectivity index (χ1) is 7.74. The molecule has 0 radical (unpaired) electrons. The SMILES string of the molecule is Cc1ccc(C[NH+](C)Cc2ccccc2)o1. The van der Waals surface area contributed by atoms with Crippen LogP contribution in [0.25, 0.3) is 0 Å². The summed E-state index contributed by atoms with van der Waals surface area (Å²) in [5.74, 6) is 2.05. The van der Waals surface area contributed by atoms with Gasteiger partial charge in [-0.2, -0.15) is 0 Å². The van der Waals surface area contributed by atoms with E-state index in [2.05, 4.69) is 43.4 Å². The van der Waals surface area contributed by atoms with E-state index in [0.717, 1.165) is 24.6 Å². The minimum Gasteiger partial charge on any atom is -0.460 e. The van der Waals surface area contributed by atoms with Gasteiger partial charge in [0.15, 0.2) is 5.76 Å². The monoisotopic (exact) mass is 216 g/mol. The number of nitrogens with one attached hydrogen (secondary N) is 1. The zero-order valence-corrected chi connectivity index (χ0v) is 9.86. The van der Waals surface area contributed by atoms with Crippen LogP contribution in [0.5, 0.6) is 0 Å². The maximum atomic E-state index is 5.57. The number of benzene rings is 1. The van der Waals surface area contributed by atoms with Crippen LogP contribution in [0.4, 0.5) is 0 Å². The van der Waals surface area contributed by atoms with Gasteiger partial charge in [0.05, 0.1) is 7.05 Å². The first-order valence-electron chi connectivity index (χ1n) is 5.64. The maximum absolute atomic E-state index is 5.57. The average Bonchev–Trinajstić information content (AvgIpc) is 2.65. The van der Waals surface area contributed by atoms with Crippen LogP contribution >= 0.6 is 0 Å². The summed E-state index contributed by atoms with van der Waals surface area (Å²) in [7, 11) is 2.19. The summed E-state index contributed by atoms with van der Waals surface area (Å²) in [5.41, 5.74) is 1.36. The zero-order chi connectivity index (χ0) is 11.4. The Hall–Kier alpha value is -1.54. The molecular weight excluding hydrogens is 198 g/mol. The molecule has 1 N–H and O–H groups in total. The lowest BCUT2D eigenvalue weighted by molar-refractivity contribution is -0.908. The van der Waals surface area contributed by atoms with Crippen molar-refractivity contribution in [2.45, 2.75) is 20.0 Å². The topological polar surface area (TPSA) is 17.6 Å². The number of quaternary nitrogens is 1. The Morgan fingerprint density at radius 1 is 1.00 bits per heavy atom. The standard InChI is InChI=1S/C14H17NO/c1-12-8-9-14(16-12)11-15(2)10-13-6-4-3-5-7-13/h3-9H,10-11H2,1-2H3/p+1. The first-order valence-corrected chi connectivity index (χ1v) is 5.64. The van der Waals surface area contributed by atoms with Crippen LogP contribution in [0.15, 0.2) is 46.9 Å². The number of aryl methyl sites for hydroxylation is 1. The third-order valence-corrected chi connectivity index (χ3v) is 2.62. The fourth-order valence-electron chi connectivity index (χ4n) is 1.88. The number of rotatable bonds is 4. The smallest absolute Gasteiger partial charge is 0.158 e. The van der Waals surface area contributed by atoms with Gasteiger partial charge in [-0.05, 0) is 19.1 Å². The highest BCUT2D eigenvalue weighted by Crippen LogP contribution is 2.04. The van der Waals surface area contributed by atoms with E-state index in [-0.39, 0.29) is 0 Å². The van der Waals surface area contributed by atoms with Crippen LogP contribution in [0.3, 0.4) is 0 Å². The third kappa shape index (κ3) is 2.97. The molecule has 2 rings (SSSR count). The summed E-state index contributed by atoms with van der Waals surface area (Å²) < 4.78 is 5.57. The van der Waals surface area contributed by atoms with Crippen LogP contribution < -0.4 is 4.90 Å². The molecule has 0 saturated heterocycles. The number of furan rings is 1. The van der Waals surface area contributed by atoms with Gasteiger partial charge in [0.1, 0.15) is 18.8 Å². The maximum Gasteiger partial charge on any atom is 0.158 e. The molecule has 2 aromatic rings. The zero-order valence-electron chi connectivity index (χ0n) is 9.86. The molecule has 0 aliphatic rings. The minimum absolute atomic E-state index is 0.933. The molecule has 0 amide bonds. The highest BCUT2D eigenvalue weighted by atomic mass is 16.3. The second-order valence-corrected chi connectivity index (χ2v) is 4.31. The Morgan fingerprint density at radius 2 is 1.75 bits per heavy atom. The van der Waals surface area contributed by atoms with Gasteiger partial charge < -0.3 is 9.32 Å². The van der Waals surface area contributed by atoms with Crippen LogP contribution in [0.1, 0.15) is 17.1 Å². The van der Waals surface area contributed by atoms with E-state index in [4.69, 9.17) is 4.42 Å². The Morgan fingerprint density at radius 3 is 2.38 bits per heavy atom. The molecule has 0 spiro atoms. The summed E-state index contributed by atoms with van der Waals surface area (Å²) in [6.07, 6.45) is 0. The van der Waals surface area contributed by atoms with Gasteiger partial charge in [-0.1, -0.05) is 30.3 Å². The molecule has 0 bridgehead atoms. The second kappa shape index (κ2) is 4.99. The van der Waals surface area contributed by atoms with Crippen molar-refractivity contribution in [3.63, 3.8) is 0 Å². The van der Waals surface area contributed by atoms with Crippen molar-refractivity contribution in [2.75, 3.05) is 7.05 Å². The Bertz CT molecular complexity index is 433. The summed E-state index contributed by atoms with van der Waals surface area (Å²) in [4.78, 5) is 1.43. The first kappa shape index (κ1) is 11.0. The normalized spacial score (nSPS) is 12.6. The van der Waals surface area contributed by atoms with Crippen molar-refractivity contribution in [3.05, 3.63) is 59.5 Å². The lowest BCUT2D eigenvalue weighted by atomic mass is 10.2. The van der Waals surface area contributed by atoms with Gasteiger partial charge in [0, 0.05) is 5.56 Å². The van der Waals surface area contributed by atoms with E-state index in [1.54, 1.807) is 0 Å². The van der Waals surface area contributed by atoms with Crippen LogP contribution in [0.2, 0.25) is 0 Å².